The summed E-state index contributed by atoms with van der Waals surface area (Å²) in [6.45, 7) is 0. The van der Waals surface area contributed by atoms with Crippen LogP contribution in [0.5, 0.6) is 0 Å². The molecule has 12 rings (SSSR count). The van der Waals surface area contributed by atoms with Crippen molar-refractivity contribution >= 4 is 71.0 Å². The predicted molar refractivity (Wildman–Crippen MR) is 240 cm³/mol. The van der Waals surface area contributed by atoms with E-state index in [1.807, 2.05) is 0 Å². The quantitative estimate of drug-likeness (QED) is 0.168. The number of aromatic nitrogens is 3. The lowest BCUT2D eigenvalue weighted by molar-refractivity contribution is 0.855. The monoisotopic (exact) mass is 727 g/mol. The summed E-state index contributed by atoms with van der Waals surface area (Å²) >= 11 is 0. The van der Waals surface area contributed by atoms with Gasteiger partial charge in [0.15, 0.2) is 0 Å². The number of hydrogen-bond donors (Lipinski definition) is 0. The molecule has 0 saturated heterocycles. The summed E-state index contributed by atoms with van der Waals surface area (Å²) < 4.78 is 7.51. The van der Waals surface area contributed by atoms with Gasteiger partial charge in [-0.15, -0.1) is 0 Å². The molecule has 268 valence electrons. The largest absolute Gasteiger partial charge is 0.307 e. The maximum atomic E-state index is 2.53. The highest BCUT2D eigenvalue weighted by Crippen LogP contribution is 2.43. The SMILES string of the molecule is C1=CC(c2ccccc2)=CC(c2cccc(-n3c4ccccc4c4cccc(-n5c6ccccc6c6cccc(-n7c8ccccc8c8ccccc87)c65)c43)c2)C1. The standard InChI is InChI=1S/C54H37N3/c1-2-16-36(17-3-1)37-18-12-19-38(34-37)39-20-13-21-40(35-39)55-47-28-8-6-24-43(47)45-26-15-33-52(53(45)55)57-50-31-11-7-25-44(50)46-27-14-32-51(54(46)57)56-48-29-9-4-22-41(48)42-23-5-10-30-49(42)56/h1-18,20-35,38H,19H2. The molecule has 11 aromatic rings. The van der Waals surface area contributed by atoms with Crippen LogP contribution in [0.15, 0.2) is 206 Å². The molecule has 8 aromatic carbocycles. The van der Waals surface area contributed by atoms with E-state index >= 15 is 0 Å². The van der Waals surface area contributed by atoms with Gasteiger partial charge in [0.05, 0.1) is 44.5 Å². The number of fused-ring (bicyclic) bond motifs is 9. The van der Waals surface area contributed by atoms with Crippen molar-refractivity contribution in [2.75, 3.05) is 0 Å². The Morgan fingerprint density at radius 2 is 0.860 bits per heavy atom. The molecule has 0 amide bonds. The second kappa shape index (κ2) is 12.6. The maximum absolute atomic E-state index is 2.53. The van der Waals surface area contributed by atoms with Crippen LogP contribution in [0.2, 0.25) is 0 Å². The smallest absolute Gasteiger partial charge is 0.0783 e. The van der Waals surface area contributed by atoms with Crippen LogP contribution in [-0.4, -0.2) is 13.7 Å². The van der Waals surface area contributed by atoms with E-state index < -0.39 is 0 Å². The lowest BCUT2D eigenvalue weighted by Crippen LogP contribution is -2.04. The molecule has 0 N–H and O–H groups in total. The van der Waals surface area contributed by atoms with Crippen LogP contribution in [0.3, 0.4) is 0 Å². The van der Waals surface area contributed by atoms with Crippen LogP contribution < -0.4 is 0 Å². The minimum atomic E-state index is 0.281. The molecular formula is C54H37N3. The summed E-state index contributed by atoms with van der Waals surface area (Å²) in [5.74, 6) is 0.281. The Morgan fingerprint density at radius 1 is 0.386 bits per heavy atom. The molecule has 1 aliphatic rings. The third-order valence-electron chi connectivity index (χ3n) is 12.1. The van der Waals surface area contributed by atoms with Gasteiger partial charge < -0.3 is 13.7 Å². The van der Waals surface area contributed by atoms with Crippen molar-refractivity contribution in [3.05, 3.63) is 217 Å². The third-order valence-corrected chi connectivity index (χ3v) is 12.1. The molecule has 0 saturated carbocycles. The van der Waals surface area contributed by atoms with Gasteiger partial charge in [-0.3, -0.25) is 0 Å². The van der Waals surface area contributed by atoms with E-state index in [-0.39, 0.29) is 5.92 Å². The fourth-order valence-electron chi connectivity index (χ4n) is 9.69. The van der Waals surface area contributed by atoms with Crippen molar-refractivity contribution < 1.29 is 0 Å². The molecule has 0 fully saturated rings. The van der Waals surface area contributed by atoms with E-state index in [4.69, 9.17) is 0 Å². The minimum Gasteiger partial charge on any atom is -0.307 e. The minimum absolute atomic E-state index is 0.281. The Balaban J connectivity index is 1.15. The molecule has 0 radical (unpaired) electrons. The number of benzene rings is 8. The summed E-state index contributed by atoms with van der Waals surface area (Å²) in [5.41, 5.74) is 14.5. The van der Waals surface area contributed by atoms with E-state index in [2.05, 4.69) is 220 Å². The van der Waals surface area contributed by atoms with Crippen LogP contribution >= 0.6 is 0 Å². The fourth-order valence-corrected chi connectivity index (χ4v) is 9.69. The van der Waals surface area contributed by atoms with E-state index in [9.17, 15) is 0 Å². The lowest BCUT2D eigenvalue weighted by Gasteiger charge is -2.20. The molecular weight excluding hydrogens is 691 g/mol. The molecule has 3 nitrogen and oxygen atoms in total. The molecule has 3 heterocycles. The third kappa shape index (κ3) is 4.79. The summed E-state index contributed by atoms with van der Waals surface area (Å²) in [4.78, 5) is 0. The Kier molecular flexibility index (Phi) is 7.05. The highest BCUT2D eigenvalue weighted by atomic mass is 15.1. The predicted octanol–water partition coefficient (Wildman–Crippen LogP) is 14.1. The molecule has 3 heteroatoms. The fraction of sp³-hybridized carbons (Fsp3) is 0.0370. The van der Waals surface area contributed by atoms with E-state index in [1.165, 1.54) is 87.8 Å². The Morgan fingerprint density at radius 3 is 1.49 bits per heavy atom. The van der Waals surface area contributed by atoms with Crippen molar-refractivity contribution in [3.8, 4) is 17.1 Å². The van der Waals surface area contributed by atoms with E-state index in [1.54, 1.807) is 0 Å². The molecule has 1 aliphatic carbocycles. The van der Waals surface area contributed by atoms with Crippen molar-refractivity contribution in [2.24, 2.45) is 0 Å². The van der Waals surface area contributed by atoms with E-state index in [0.717, 1.165) is 17.8 Å². The van der Waals surface area contributed by atoms with Crippen molar-refractivity contribution in [3.63, 3.8) is 0 Å². The highest BCUT2D eigenvalue weighted by Gasteiger charge is 2.24. The lowest BCUT2D eigenvalue weighted by atomic mass is 9.87. The van der Waals surface area contributed by atoms with Gasteiger partial charge in [-0.2, -0.15) is 0 Å². The zero-order valence-corrected chi connectivity index (χ0v) is 31.3. The molecule has 0 spiro atoms. The zero-order valence-electron chi connectivity index (χ0n) is 31.3. The number of allylic oxidation sites excluding steroid dienone is 4. The van der Waals surface area contributed by atoms with Gasteiger partial charge in [-0.25, -0.2) is 0 Å². The van der Waals surface area contributed by atoms with Gasteiger partial charge >= 0.3 is 0 Å². The molecule has 1 unspecified atom stereocenters. The van der Waals surface area contributed by atoms with Crippen LogP contribution in [-0.2, 0) is 0 Å². The van der Waals surface area contributed by atoms with Gasteiger partial charge in [0, 0.05) is 43.9 Å². The van der Waals surface area contributed by atoms with Gasteiger partial charge in [0.25, 0.3) is 0 Å². The Hall–Kier alpha value is -7.36. The van der Waals surface area contributed by atoms with Crippen molar-refractivity contribution in [1.29, 1.82) is 0 Å². The van der Waals surface area contributed by atoms with Gasteiger partial charge in [0.2, 0.25) is 0 Å². The highest BCUT2D eigenvalue weighted by molar-refractivity contribution is 6.17. The molecule has 3 aromatic heterocycles. The molecule has 0 bridgehead atoms. The Bertz CT molecular complexity index is 3390. The Labute approximate surface area is 330 Å². The van der Waals surface area contributed by atoms with Crippen LogP contribution in [0, 0.1) is 0 Å². The number of rotatable bonds is 5. The topological polar surface area (TPSA) is 14.8 Å². The van der Waals surface area contributed by atoms with Gasteiger partial charge in [-0.1, -0.05) is 158 Å². The van der Waals surface area contributed by atoms with Gasteiger partial charge in [-0.05, 0) is 71.7 Å². The van der Waals surface area contributed by atoms with E-state index in [0.29, 0.717) is 0 Å². The summed E-state index contributed by atoms with van der Waals surface area (Å²) in [6.07, 6.45) is 8.02. The van der Waals surface area contributed by atoms with Crippen LogP contribution in [0.1, 0.15) is 23.5 Å². The average Bonchev–Trinajstić information content (AvgIpc) is 3.93. The second-order valence-electron chi connectivity index (χ2n) is 15.2. The summed E-state index contributed by atoms with van der Waals surface area (Å²) in [7, 11) is 0. The first-order chi connectivity index (χ1) is 28.3. The maximum Gasteiger partial charge on any atom is 0.0783 e. The summed E-state index contributed by atoms with van der Waals surface area (Å²) in [6, 6.07) is 69.0. The normalized spacial score (nSPS) is 14.5. The zero-order chi connectivity index (χ0) is 37.5. The number of hydrogen-bond acceptors (Lipinski definition) is 0. The number of para-hydroxylation sites is 6. The first kappa shape index (κ1) is 31.9. The first-order valence-corrected chi connectivity index (χ1v) is 19.9. The number of nitrogens with zero attached hydrogens (tertiary/aromatic N) is 3. The second-order valence-corrected chi connectivity index (χ2v) is 15.2. The van der Waals surface area contributed by atoms with Crippen LogP contribution in [0.4, 0.5) is 0 Å². The van der Waals surface area contributed by atoms with Crippen LogP contribution in [0.25, 0.3) is 88.1 Å². The van der Waals surface area contributed by atoms with Crippen molar-refractivity contribution in [2.45, 2.75) is 12.3 Å². The first-order valence-electron chi connectivity index (χ1n) is 19.9. The van der Waals surface area contributed by atoms with Gasteiger partial charge in [0.1, 0.15) is 0 Å². The average molecular weight is 728 g/mol. The molecule has 57 heavy (non-hydrogen) atoms. The summed E-state index contributed by atoms with van der Waals surface area (Å²) in [5, 5.41) is 7.47. The van der Waals surface area contributed by atoms with Crippen molar-refractivity contribution in [1.82, 2.24) is 13.7 Å². The molecule has 1 atom stereocenters. The molecule has 0 aliphatic heterocycles.